The molecule has 10 nitrogen and oxygen atoms in total. The zero-order valence-corrected chi connectivity index (χ0v) is 16.1. The lowest BCUT2D eigenvalue weighted by Crippen LogP contribution is -2.33. The molecule has 0 saturated carbocycles. The van der Waals surface area contributed by atoms with Crippen molar-refractivity contribution in [3.05, 3.63) is 41.7 Å². The number of carbonyl (C=O) groups is 2. The molecule has 0 bridgehead atoms. The summed E-state index contributed by atoms with van der Waals surface area (Å²) in [6, 6.07) is 4.44. The van der Waals surface area contributed by atoms with Gasteiger partial charge in [0.05, 0.1) is 25.3 Å². The van der Waals surface area contributed by atoms with Crippen LogP contribution in [0.15, 0.2) is 30.9 Å². The third-order valence-corrected chi connectivity index (χ3v) is 5.12. The molecule has 1 aliphatic rings. The Kier molecular flexibility index (Phi) is 5.16. The molecule has 1 saturated heterocycles. The van der Waals surface area contributed by atoms with Crippen molar-refractivity contribution < 1.29 is 18.7 Å². The van der Waals surface area contributed by atoms with Crippen LogP contribution in [-0.4, -0.2) is 56.2 Å². The first-order valence-corrected chi connectivity index (χ1v) is 9.48. The number of benzene rings is 1. The van der Waals surface area contributed by atoms with Gasteiger partial charge in [-0.1, -0.05) is 11.3 Å². The molecule has 1 aliphatic heterocycles. The first-order valence-electron chi connectivity index (χ1n) is 8.67. The van der Waals surface area contributed by atoms with Crippen molar-refractivity contribution in [2.24, 2.45) is 0 Å². The fourth-order valence-electron chi connectivity index (χ4n) is 2.82. The lowest BCUT2D eigenvalue weighted by Gasteiger charge is -2.14. The van der Waals surface area contributed by atoms with Crippen LogP contribution in [0.3, 0.4) is 0 Å². The number of hydrogen-bond acceptors (Lipinski definition) is 8. The number of carbonyl (C=O) groups excluding carboxylic acids is 2. The van der Waals surface area contributed by atoms with Crippen molar-refractivity contribution in [1.82, 2.24) is 30.3 Å². The number of nitrogens with one attached hydrogen (secondary N) is 1. The van der Waals surface area contributed by atoms with Crippen molar-refractivity contribution in [3.8, 4) is 10.6 Å². The van der Waals surface area contributed by atoms with Gasteiger partial charge in [-0.05, 0) is 18.2 Å². The van der Waals surface area contributed by atoms with Gasteiger partial charge in [0.15, 0.2) is 5.01 Å². The molecule has 2 amide bonds. The van der Waals surface area contributed by atoms with E-state index in [2.05, 4.69) is 25.6 Å². The van der Waals surface area contributed by atoms with E-state index in [-0.39, 0.29) is 19.0 Å². The van der Waals surface area contributed by atoms with Crippen LogP contribution in [0, 0.1) is 5.82 Å². The smallest absolute Gasteiger partial charge is 0.414 e. The van der Waals surface area contributed by atoms with Gasteiger partial charge >= 0.3 is 6.09 Å². The van der Waals surface area contributed by atoms with E-state index in [0.717, 1.165) is 0 Å². The molecule has 29 heavy (non-hydrogen) atoms. The highest BCUT2D eigenvalue weighted by atomic mass is 32.1. The molecule has 0 aliphatic carbocycles. The molecule has 2 aromatic heterocycles. The highest BCUT2D eigenvalue weighted by Gasteiger charge is 2.32. The second-order valence-corrected chi connectivity index (χ2v) is 7.37. The number of amides is 2. The predicted octanol–water partition coefficient (Wildman–Crippen LogP) is 1.45. The van der Waals surface area contributed by atoms with Crippen molar-refractivity contribution in [1.29, 1.82) is 0 Å². The van der Waals surface area contributed by atoms with Crippen molar-refractivity contribution >= 4 is 29.0 Å². The van der Waals surface area contributed by atoms with Crippen molar-refractivity contribution in [3.63, 3.8) is 0 Å². The Labute approximate surface area is 168 Å². The fraction of sp³-hybridized carbons (Fsp3) is 0.294. The monoisotopic (exact) mass is 417 g/mol. The maximum Gasteiger partial charge on any atom is 0.414 e. The summed E-state index contributed by atoms with van der Waals surface area (Å²) in [5, 5.41) is 15.8. The highest BCUT2D eigenvalue weighted by molar-refractivity contribution is 7.14. The van der Waals surface area contributed by atoms with Crippen LogP contribution in [0.1, 0.15) is 11.9 Å². The van der Waals surface area contributed by atoms with Gasteiger partial charge in [-0.15, -0.1) is 10.2 Å². The highest BCUT2D eigenvalue weighted by Crippen LogP contribution is 2.30. The van der Waals surface area contributed by atoms with Crippen LogP contribution in [0.25, 0.3) is 10.6 Å². The quantitative estimate of drug-likeness (QED) is 0.645. The van der Waals surface area contributed by atoms with Crippen LogP contribution >= 0.6 is 11.3 Å². The summed E-state index contributed by atoms with van der Waals surface area (Å²) in [4.78, 5) is 28.3. The molecule has 1 N–H and O–H groups in total. The maximum atomic E-state index is 14.7. The van der Waals surface area contributed by atoms with Gasteiger partial charge in [0, 0.05) is 12.5 Å². The number of nitrogens with zero attached hydrogens (tertiary/aromatic N) is 6. The Bertz CT molecular complexity index is 1040. The van der Waals surface area contributed by atoms with Gasteiger partial charge in [0.2, 0.25) is 5.91 Å². The summed E-state index contributed by atoms with van der Waals surface area (Å²) < 4.78 is 21.5. The second-order valence-electron chi connectivity index (χ2n) is 6.31. The van der Waals surface area contributed by atoms with E-state index in [9.17, 15) is 14.0 Å². The normalized spacial score (nSPS) is 16.1. The van der Waals surface area contributed by atoms with Crippen molar-refractivity contribution in [2.75, 3.05) is 18.0 Å². The van der Waals surface area contributed by atoms with Crippen LogP contribution in [0.5, 0.6) is 0 Å². The largest absolute Gasteiger partial charge is 0.442 e. The average molecular weight is 417 g/mol. The van der Waals surface area contributed by atoms with Gasteiger partial charge in [-0.2, -0.15) is 5.10 Å². The van der Waals surface area contributed by atoms with E-state index in [4.69, 9.17) is 4.74 Å². The Balaban J connectivity index is 1.48. The minimum Gasteiger partial charge on any atom is -0.442 e. The number of halogens is 1. The Morgan fingerprint density at radius 1 is 1.41 bits per heavy atom. The molecule has 0 radical (unpaired) electrons. The topological polar surface area (TPSA) is 115 Å². The summed E-state index contributed by atoms with van der Waals surface area (Å²) in [6.45, 7) is 2.20. The predicted molar refractivity (Wildman–Crippen MR) is 101 cm³/mol. The summed E-state index contributed by atoms with van der Waals surface area (Å²) in [5.41, 5.74) is 0.660. The average Bonchev–Trinajstić information content (AvgIpc) is 3.42. The molecule has 1 fully saturated rings. The standard InChI is InChI=1S/C17H16FN7O3S/c1-10(26)20-5-12-6-25(17(27)28-12)11-2-3-13(14(18)4-11)16-23-22-15(29-16)7-24-9-19-8-21-24/h2-4,8-9,12H,5-7H2,1H3,(H,20,26)/t12-/m0/s1. The Morgan fingerprint density at radius 3 is 3.00 bits per heavy atom. The first kappa shape index (κ1) is 18.9. The summed E-state index contributed by atoms with van der Waals surface area (Å²) in [5.74, 6) is -0.737. The number of cyclic esters (lactones) is 1. The molecule has 4 rings (SSSR count). The zero-order valence-electron chi connectivity index (χ0n) is 15.3. The number of aromatic nitrogens is 5. The van der Waals surface area contributed by atoms with E-state index in [1.54, 1.807) is 23.1 Å². The van der Waals surface area contributed by atoms with Crippen LogP contribution in [0.2, 0.25) is 0 Å². The zero-order chi connectivity index (χ0) is 20.4. The van der Waals surface area contributed by atoms with E-state index in [0.29, 0.717) is 27.8 Å². The molecule has 0 spiro atoms. The van der Waals surface area contributed by atoms with Crippen molar-refractivity contribution in [2.45, 2.75) is 19.6 Å². The van der Waals surface area contributed by atoms with Crippen LogP contribution < -0.4 is 10.2 Å². The molecule has 150 valence electrons. The SMILES string of the molecule is CC(=O)NC[C@H]1CN(c2ccc(-c3nnc(Cn4cncn4)s3)c(F)c2)C(=O)O1. The van der Waals surface area contributed by atoms with E-state index in [1.165, 1.54) is 35.6 Å². The molecule has 12 heteroatoms. The lowest BCUT2D eigenvalue weighted by molar-refractivity contribution is -0.119. The van der Waals surface area contributed by atoms with E-state index >= 15 is 0 Å². The molecule has 3 aromatic rings. The minimum absolute atomic E-state index is 0.206. The first-order chi connectivity index (χ1) is 14.0. The molecule has 3 heterocycles. The van der Waals surface area contributed by atoms with Crippen LogP contribution in [0.4, 0.5) is 14.9 Å². The summed E-state index contributed by atoms with van der Waals surface area (Å²) in [7, 11) is 0. The number of anilines is 1. The Hall–Kier alpha value is -3.41. The molecule has 1 atom stereocenters. The lowest BCUT2D eigenvalue weighted by atomic mass is 10.2. The molecular weight excluding hydrogens is 401 g/mol. The molecular formula is C17H16FN7O3S. The van der Waals surface area contributed by atoms with Gasteiger partial charge < -0.3 is 10.1 Å². The molecule has 0 unspecified atom stereocenters. The van der Waals surface area contributed by atoms with E-state index < -0.39 is 18.0 Å². The number of rotatable bonds is 6. The summed E-state index contributed by atoms with van der Waals surface area (Å²) >= 11 is 1.25. The van der Waals surface area contributed by atoms with Crippen LogP contribution in [-0.2, 0) is 16.1 Å². The van der Waals surface area contributed by atoms with Gasteiger partial charge in [-0.25, -0.2) is 18.9 Å². The number of ether oxygens (including phenoxy) is 1. The van der Waals surface area contributed by atoms with Gasteiger partial charge in [-0.3, -0.25) is 9.69 Å². The fourth-order valence-corrected chi connectivity index (χ4v) is 3.68. The third kappa shape index (κ3) is 4.21. The third-order valence-electron chi connectivity index (χ3n) is 4.18. The van der Waals surface area contributed by atoms with Gasteiger partial charge in [0.1, 0.15) is 29.6 Å². The van der Waals surface area contributed by atoms with E-state index in [1.807, 2.05) is 0 Å². The second kappa shape index (κ2) is 7.91. The Morgan fingerprint density at radius 2 is 2.28 bits per heavy atom. The number of hydrogen-bond donors (Lipinski definition) is 1. The summed E-state index contributed by atoms with van der Waals surface area (Å²) in [6.07, 6.45) is 1.91. The maximum absolute atomic E-state index is 14.7. The van der Waals surface area contributed by atoms with Gasteiger partial charge in [0.25, 0.3) is 0 Å². The molecule has 1 aromatic carbocycles. The minimum atomic E-state index is -0.585.